The highest BCUT2D eigenvalue weighted by molar-refractivity contribution is 5.93. The number of nitrogens with zero attached hydrogens (tertiary/aromatic N) is 1. The van der Waals surface area contributed by atoms with Crippen molar-refractivity contribution in [3.8, 4) is 0 Å². The van der Waals surface area contributed by atoms with Crippen molar-refractivity contribution < 1.29 is 14.8 Å². The van der Waals surface area contributed by atoms with Crippen molar-refractivity contribution in [1.29, 1.82) is 0 Å². The molecule has 92 valence electrons. The number of aliphatic carboxylic acids is 1. The molecule has 2 aromatic carbocycles. The van der Waals surface area contributed by atoms with Crippen LogP contribution in [-0.2, 0) is 4.79 Å². The summed E-state index contributed by atoms with van der Waals surface area (Å²) in [6.07, 6.45) is 0. The summed E-state index contributed by atoms with van der Waals surface area (Å²) in [5.41, 5.74) is 0.106. The molecule has 0 spiro atoms. The Morgan fingerprint density at radius 3 is 2.56 bits per heavy atom. The lowest BCUT2D eigenvalue weighted by Crippen LogP contribution is -2.10. The summed E-state index contributed by atoms with van der Waals surface area (Å²) in [6, 6.07) is 10.0. The number of nitro groups is 1. The van der Waals surface area contributed by atoms with Crippen molar-refractivity contribution in [2.45, 2.75) is 12.8 Å². The Labute approximate surface area is 103 Å². The highest BCUT2D eigenvalue weighted by Crippen LogP contribution is 2.33. The van der Waals surface area contributed by atoms with E-state index < -0.39 is 16.8 Å². The largest absolute Gasteiger partial charge is 0.481 e. The van der Waals surface area contributed by atoms with Gasteiger partial charge in [0.2, 0.25) is 0 Å². The number of hydrogen-bond acceptors (Lipinski definition) is 3. The highest BCUT2D eigenvalue weighted by atomic mass is 16.6. The van der Waals surface area contributed by atoms with E-state index in [4.69, 9.17) is 5.11 Å². The van der Waals surface area contributed by atoms with Crippen LogP contribution in [0.5, 0.6) is 0 Å². The topological polar surface area (TPSA) is 80.4 Å². The van der Waals surface area contributed by atoms with E-state index in [-0.39, 0.29) is 11.3 Å². The first-order valence-electron chi connectivity index (χ1n) is 5.41. The van der Waals surface area contributed by atoms with E-state index in [1.165, 1.54) is 13.0 Å². The van der Waals surface area contributed by atoms with E-state index >= 15 is 0 Å². The minimum Gasteiger partial charge on any atom is -0.481 e. The summed E-state index contributed by atoms with van der Waals surface area (Å²) in [5, 5.41) is 21.5. The number of carboxylic acids is 1. The summed E-state index contributed by atoms with van der Waals surface area (Å²) < 4.78 is 0. The standard InChI is InChI=1S/C13H11NO4/c1-8(13(15)16)12-10-5-3-2-4-9(10)6-7-11(12)14(17)18/h2-8H,1H3,(H,15,16). The van der Waals surface area contributed by atoms with Crippen LogP contribution in [0.3, 0.4) is 0 Å². The van der Waals surface area contributed by atoms with Crippen LogP contribution in [0.25, 0.3) is 10.8 Å². The van der Waals surface area contributed by atoms with Gasteiger partial charge in [0.25, 0.3) is 5.69 Å². The van der Waals surface area contributed by atoms with Crippen LogP contribution in [0.15, 0.2) is 36.4 Å². The lowest BCUT2D eigenvalue weighted by atomic mass is 9.93. The van der Waals surface area contributed by atoms with Gasteiger partial charge in [-0.1, -0.05) is 24.3 Å². The minimum absolute atomic E-state index is 0.149. The van der Waals surface area contributed by atoms with Crippen LogP contribution < -0.4 is 0 Å². The number of carbonyl (C=O) groups is 1. The molecule has 0 aliphatic carbocycles. The molecule has 0 aromatic heterocycles. The molecule has 1 N–H and O–H groups in total. The van der Waals surface area contributed by atoms with Crippen molar-refractivity contribution >= 4 is 22.4 Å². The molecule has 0 aliphatic heterocycles. The quantitative estimate of drug-likeness (QED) is 0.665. The van der Waals surface area contributed by atoms with Gasteiger partial charge in [0.1, 0.15) is 0 Å². The predicted molar refractivity (Wildman–Crippen MR) is 66.7 cm³/mol. The zero-order chi connectivity index (χ0) is 13.3. The first-order chi connectivity index (χ1) is 8.52. The molecule has 18 heavy (non-hydrogen) atoms. The molecule has 1 unspecified atom stereocenters. The van der Waals surface area contributed by atoms with Crippen LogP contribution in [-0.4, -0.2) is 16.0 Å². The average Bonchev–Trinajstić information content (AvgIpc) is 2.36. The third-order valence-corrected chi connectivity index (χ3v) is 2.95. The fourth-order valence-corrected chi connectivity index (χ4v) is 2.02. The smallest absolute Gasteiger partial charge is 0.310 e. The molecule has 0 saturated heterocycles. The molecule has 0 fully saturated rings. The van der Waals surface area contributed by atoms with Gasteiger partial charge in [-0.05, 0) is 23.8 Å². The molecule has 1 atom stereocenters. The van der Waals surface area contributed by atoms with Crippen LogP contribution in [0.2, 0.25) is 0 Å². The third-order valence-electron chi connectivity index (χ3n) is 2.95. The summed E-state index contributed by atoms with van der Waals surface area (Å²) >= 11 is 0. The van der Waals surface area contributed by atoms with Gasteiger partial charge in [0.15, 0.2) is 0 Å². The molecular weight excluding hydrogens is 234 g/mol. The Bertz CT molecular complexity index is 636. The number of benzene rings is 2. The van der Waals surface area contributed by atoms with Crippen molar-refractivity contribution in [3.63, 3.8) is 0 Å². The summed E-state index contributed by atoms with van der Waals surface area (Å²) in [5.74, 6) is -1.99. The summed E-state index contributed by atoms with van der Waals surface area (Å²) in [6.45, 7) is 1.46. The van der Waals surface area contributed by atoms with Gasteiger partial charge in [-0.2, -0.15) is 0 Å². The maximum absolute atomic E-state index is 11.1. The number of nitro benzene ring substituents is 1. The fraction of sp³-hybridized carbons (Fsp3) is 0.154. The zero-order valence-corrected chi connectivity index (χ0v) is 9.66. The summed E-state index contributed by atoms with van der Waals surface area (Å²) in [7, 11) is 0. The van der Waals surface area contributed by atoms with E-state index in [2.05, 4.69) is 0 Å². The molecule has 5 nitrogen and oxygen atoms in total. The normalized spacial score (nSPS) is 12.3. The number of carboxylic acid groups (broad SMARTS) is 1. The Morgan fingerprint density at radius 1 is 1.28 bits per heavy atom. The van der Waals surface area contributed by atoms with Crippen LogP contribution in [0, 0.1) is 10.1 Å². The second-order valence-electron chi connectivity index (χ2n) is 4.04. The van der Waals surface area contributed by atoms with E-state index in [1.807, 2.05) is 6.07 Å². The fourth-order valence-electron chi connectivity index (χ4n) is 2.02. The zero-order valence-electron chi connectivity index (χ0n) is 9.66. The second-order valence-corrected chi connectivity index (χ2v) is 4.04. The Kier molecular flexibility index (Phi) is 2.97. The van der Waals surface area contributed by atoms with Gasteiger partial charge in [0.05, 0.1) is 16.4 Å². The minimum atomic E-state index is -1.07. The van der Waals surface area contributed by atoms with Gasteiger partial charge in [0, 0.05) is 6.07 Å². The Balaban J connectivity index is 2.82. The highest BCUT2D eigenvalue weighted by Gasteiger charge is 2.26. The Hall–Kier alpha value is -2.43. The lowest BCUT2D eigenvalue weighted by molar-refractivity contribution is -0.385. The molecule has 0 radical (unpaired) electrons. The SMILES string of the molecule is CC(C(=O)O)c1c([N+](=O)[O-])ccc2ccccc12. The number of hydrogen-bond donors (Lipinski definition) is 1. The molecule has 2 rings (SSSR count). The predicted octanol–water partition coefficient (Wildman–Crippen LogP) is 2.94. The number of fused-ring (bicyclic) bond motifs is 1. The third kappa shape index (κ3) is 1.90. The van der Waals surface area contributed by atoms with Crippen LogP contribution in [0.4, 0.5) is 5.69 Å². The van der Waals surface area contributed by atoms with E-state index in [1.54, 1.807) is 24.3 Å². The van der Waals surface area contributed by atoms with Crippen molar-refractivity contribution in [2.24, 2.45) is 0 Å². The molecule has 0 heterocycles. The first kappa shape index (κ1) is 12.0. The Morgan fingerprint density at radius 2 is 1.94 bits per heavy atom. The van der Waals surface area contributed by atoms with E-state index in [9.17, 15) is 14.9 Å². The lowest BCUT2D eigenvalue weighted by Gasteiger charge is -2.11. The maximum Gasteiger partial charge on any atom is 0.310 e. The molecule has 0 aliphatic rings. The molecule has 0 amide bonds. The van der Waals surface area contributed by atoms with Crippen LogP contribution >= 0.6 is 0 Å². The second kappa shape index (κ2) is 4.44. The van der Waals surface area contributed by atoms with E-state index in [0.717, 1.165) is 5.39 Å². The van der Waals surface area contributed by atoms with Gasteiger partial charge in [-0.15, -0.1) is 0 Å². The van der Waals surface area contributed by atoms with Gasteiger partial charge >= 0.3 is 5.97 Å². The maximum atomic E-state index is 11.1. The first-order valence-corrected chi connectivity index (χ1v) is 5.41. The van der Waals surface area contributed by atoms with Crippen molar-refractivity contribution in [2.75, 3.05) is 0 Å². The van der Waals surface area contributed by atoms with Crippen molar-refractivity contribution in [3.05, 3.63) is 52.1 Å². The van der Waals surface area contributed by atoms with Gasteiger partial charge in [-0.3, -0.25) is 14.9 Å². The van der Waals surface area contributed by atoms with Crippen LogP contribution in [0.1, 0.15) is 18.4 Å². The van der Waals surface area contributed by atoms with Gasteiger partial charge in [-0.25, -0.2) is 0 Å². The molecule has 2 aromatic rings. The molecule has 5 heteroatoms. The van der Waals surface area contributed by atoms with E-state index in [0.29, 0.717) is 5.39 Å². The van der Waals surface area contributed by atoms with Crippen molar-refractivity contribution in [1.82, 2.24) is 0 Å². The molecular formula is C13H11NO4. The van der Waals surface area contributed by atoms with Gasteiger partial charge < -0.3 is 5.11 Å². The number of rotatable bonds is 3. The monoisotopic (exact) mass is 245 g/mol. The average molecular weight is 245 g/mol. The summed E-state index contributed by atoms with van der Waals surface area (Å²) in [4.78, 5) is 21.6. The molecule has 0 bridgehead atoms. The molecule has 0 saturated carbocycles.